The van der Waals surface area contributed by atoms with Gasteiger partial charge in [-0.1, -0.05) is 34.8 Å². The number of nitrogens with one attached hydrogen (secondary N) is 1. The molecule has 0 spiro atoms. The van der Waals surface area contributed by atoms with Crippen molar-refractivity contribution in [3.05, 3.63) is 70.9 Å². The predicted molar refractivity (Wildman–Crippen MR) is 87.6 cm³/mol. The molecule has 23 heavy (non-hydrogen) atoms. The predicted octanol–water partition coefficient (Wildman–Crippen LogP) is 3.84. The topological polar surface area (TPSA) is 54.9 Å². The lowest BCUT2D eigenvalue weighted by Gasteiger charge is -2.13. The Balaban J connectivity index is 1.81. The molecule has 0 radical (unpaired) electrons. The first-order chi connectivity index (χ1) is 11.1. The molecule has 1 unspecified atom stereocenters. The highest BCUT2D eigenvalue weighted by Crippen LogP contribution is 2.25. The molecule has 6 heteroatoms. The third kappa shape index (κ3) is 3.43. The lowest BCUT2D eigenvalue weighted by molar-refractivity contribution is 0.0944. The van der Waals surface area contributed by atoms with Crippen molar-refractivity contribution in [1.82, 2.24) is 14.9 Å². The summed E-state index contributed by atoms with van der Waals surface area (Å²) in [5.74, 6) is -0.573. The van der Waals surface area contributed by atoms with Gasteiger partial charge in [0, 0.05) is 5.56 Å². The maximum Gasteiger partial charge on any atom is 0.265 e. The standard InChI is InChI=1S/C17H14FN3OS/c1-11(12-5-3-2-4-6-12)19-17(22)16-15(20-21-23-16)13-7-9-14(18)10-8-13/h2-11H,1H3,(H,19,22). The molecule has 0 aliphatic heterocycles. The van der Waals surface area contributed by atoms with E-state index in [1.165, 1.54) is 12.1 Å². The second-order valence-corrected chi connectivity index (χ2v) is 5.82. The van der Waals surface area contributed by atoms with Crippen molar-refractivity contribution >= 4 is 17.4 Å². The molecule has 1 atom stereocenters. The minimum absolute atomic E-state index is 0.133. The zero-order valence-electron chi connectivity index (χ0n) is 12.4. The average molecular weight is 327 g/mol. The van der Waals surface area contributed by atoms with Crippen LogP contribution in [-0.2, 0) is 0 Å². The van der Waals surface area contributed by atoms with E-state index in [1.54, 1.807) is 12.1 Å². The van der Waals surface area contributed by atoms with Gasteiger partial charge in [0.05, 0.1) is 6.04 Å². The first kappa shape index (κ1) is 15.3. The van der Waals surface area contributed by atoms with Crippen LogP contribution < -0.4 is 5.32 Å². The fourth-order valence-electron chi connectivity index (χ4n) is 2.22. The molecule has 1 amide bonds. The molecule has 1 N–H and O–H groups in total. The number of nitrogens with zero attached hydrogens (tertiary/aromatic N) is 2. The van der Waals surface area contributed by atoms with Gasteiger partial charge in [0.15, 0.2) is 0 Å². The number of hydrogen-bond acceptors (Lipinski definition) is 4. The molecule has 1 heterocycles. The lowest BCUT2D eigenvalue weighted by atomic mass is 10.1. The van der Waals surface area contributed by atoms with Gasteiger partial charge in [0.1, 0.15) is 16.4 Å². The molecule has 0 aliphatic rings. The van der Waals surface area contributed by atoms with E-state index in [0.717, 1.165) is 17.1 Å². The molecule has 116 valence electrons. The largest absolute Gasteiger partial charge is 0.345 e. The lowest BCUT2D eigenvalue weighted by Crippen LogP contribution is -2.26. The SMILES string of the molecule is CC(NC(=O)c1snnc1-c1ccc(F)cc1)c1ccccc1. The zero-order chi connectivity index (χ0) is 16.2. The van der Waals surface area contributed by atoms with E-state index >= 15 is 0 Å². The van der Waals surface area contributed by atoms with Gasteiger partial charge >= 0.3 is 0 Å². The number of benzene rings is 2. The van der Waals surface area contributed by atoms with E-state index in [1.807, 2.05) is 37.3 Å². The van der Waals surface area contributed by atoms with E-state index < -0.39 is 0 Å². The highest BCUT2D eigenvalue weighted by atomic mass is 32.1. The van der Waals surface area contributed by atoms with Crippen molar-refractivity contribution in [2.45, 2.75) is 13.0 Å². The summed E-state index contributed by atoms with van der Waals surface area (Å²) in [5.41, 5.74) is 2.15. The minimum atomic E-state index is -0.333. The second-order valence-electron chi connectivity index (χ2n) is 5.06. The van der Waals surface area contributed by atoms with Crippen LogP contribution in [0.25, 0.3) is 11.3 Å². The average Bonchev–Trinajstić information content (AvgIpc) is 3.06. The van der Waals surface area contributed by atoms with Crippen LogP contribution in [-0.4, -0.2) is 15.5 Å². The van der Waals surface area contributed by atoms with Gasteiger partial charge in [-0.2, -0.15) is 0 Å². The van der Waals surface area contributed by atoms with Crippen LogP contribution in [0.4, 0.5) is 4.39 Å². The van der Waals surface area contributed by atoms with Gasteiger partial charge in [-0.05, 0) is 48.3 Å². The number of carbonyl (C=O) groups excluding carboxylic acids is 1. The van der Waals surface area contributed by atoms with Gasteiger partial charge in [-0.25, -0.2) is 4.39 Å². The Morgan fingerprint density at radius 1 is 1.13 bits per heavy atom. The summed E-state index contributed by atoms with van der Waals surface area (Å²) in [7, 11) is 0. The van der Waals surface area contributed by atoms with E-state index in [9.17, 15) is 9.18 Å². The quantitative estimate of drug-likeness (QED) is 0.792. The molecule has 0 fully saturated rings. The smallest absolute Gasteiger partial charge is 0.265 e. The van der Waals surface area contributed by atoms with Crippen molar-refractivity contribution in [3.8, 4) is 11.3 Å². The Kier molecular flexibility index (Phi) is 4.43. The van der Waals surface area contributed by atoms with Crippen LogP contribution in [0, 0.1) is 5.82 Å². The van der Waals surface area contributed by atoms with Crippen LogP contribution >= 0.6 is 11.5 Å². The van der Waals surface area contributed by atoms with Gasteiger partial charge < -0.3 is 5.32 Å². The monoisotopic (exact) mass is 327 g/mol. The fraction of sp³-hybridized carbons (Fsp3) is 0.118. The Hall–Kier alpha value is -2.60. The molecule has 0 bridgehead atoms. The van der Waals surface area contributed by atoms with E-state index in [-0.39, 0.29) is 17.8 Å². The van der Waals surface area contributed by atoms with Crippen molar-refractivity contribution in [2.75, 3.05) is 0 Å². The number of hydrogen-bond donors (Lipinski definition) is 1. The highest BCUT2D eigenvalue weighted by Gasteiger charge is 2.19. The summed E-state index contributed by atoms with van der Waals surface area (Å²) < 4.78 is 16.9. The van der Waals surface area contributed by atoms with E-state index in [2.05, 4.69) is 14.9 Å². The summed E-state index contributed by atoms with van der Waals surface area (Å²) >= 11 is 1.03. The molecule has 0 aliphatic carbocycles. The Morgan fingerprint density at radius 3 is 2.52 bits per heavy atom. The number of halogens is 1. The Bertz CT molecular complexity index is 802. The van der Waals surface area contributed by atoms with Gasteiger partial charge in [-0.3, -0.25) is 4.79 Å². The van der Waals surface area contributed by atoms with Crippen LogP contribution in [0.15, 0.2) is 54.6 Å². The van der Waals surface area contributed by atoms with E-state index in [0.29, 0.717) is 16.1 Å². The summed E-state index contributed by atoms with van der Waals surface area (Å²) in [6.07, 6.45) is 0. The zero-order valence-corrected chi connectivity index (χ0v) is 13.2. The number of rotatable bonds is 4. The number of carbonyl (C=O) groups is 1. The van der Waals surface area contributed by atoms with E-state index in [4.69, 9.17) is 0 Å². The number of aromatic nitrogens is 2. The Labute approximate surface area is 137 Å². The van der Waals surface area contributed by atoms with Gasteiger partial charge in [0.2, 0.25) is 0 Å². The second kappa shape index (κ2) is 6.66. The first-order valence-electron chi connectivity index (χ1n) is 7.09. The molecule has 0 saturated carbocycles. The van der Waals surface area contributed by atoms with Crippen LogP contribution in [0.2, 0.25) is 0 Å². The Morgan fingerprint density at radius 2 is 1.83 bits per heavy atom. The van der Waals surface area contributed by atoms with Crippen LogP contribution in [0.5, 0.6) is 0 Å². The molecule has 3 rings (SSSR count). The normalized spacial score (nSPS) is 11.9. The van der Waals surface area contributed by atoms with Gasteiger partial charge in [0.25, 0.3) is 5.91 Å². The fourth-order valence-corrected chi connectivity index (χ4v) is 2.81. The molecule has 2 aromatic carbocycles. The molecular formula is C17H14FN3OS. The minimum Gasteiger partial charge on any atom is -0.345 e. The van der Waals surface area contributed by atoms with Crippen molar-refractivity contribution in [2.24, 2.45) is 0 Å². The van der Waals surface area contributed by atoms with Crippen molar-refractivity contribution < 1.29 is 9.18 Å². The third-order valence-corrected chi connectivity index (χ3v) is 4.18. The molecule has 1 aromatic heterocycles. The molecular weight excluding hydrogens is 313 g/mol. The summed E-state index contributed by atoms with van der Waals surface area (Å²) in [6.45, 7) is 1.92. The number of amides is 1. The maximum absolute atomic E-state index is 13.0. The molecule has 0 saturated heterocycles. The van der Waals surface area contributed by atoms with Crippen LogP contribution in [0.3, 0.4) is 0 Å². The summed E-state index contributed by atoms with van der Waals surface area (Å²) in [5, 5.41) is 6.94. The van der Waals surface area contributed by atoms with Crippen molar-refractivity contribution in [3.63, 3.8) is 0 Å². The van der Waals surface area contributed by atoms with Gasteiger partial charge in [-0.15, -0.1) is 5.10 Å². The molecule has 3 aromatic rings. The highest BCUT2D eigenvalue weighted by molar-refractivity contribution is 7.08. The van der Waals surface area contributed by atoms with Crippen LogP contribution in [0.1, 0.15) is 28.2 Å². The molecule has 4 nitrogen and oxygen atoms in total. The maximum atomic E-state index is 13.0. The third-order valence-electron chi connectivity index (χ3n) is 3.46. The first-order valence-corrected chi connectivity index (χ1v) is 7.86. The summed E-state index contributed by atoms with van der Waals surface area (Å²) in [6, 6.07) is 15.4. The summed E-state index contributed by atoms with van der Waals surface area (Å²) in [4.78, 5) is 12.9. The van der Waals surface area contributed by atoms with Crippen molar-refractivity contribution in [1.29, 1.82) is 0 Å².